The van der Waals surface area contributed by atoms with Crippen LogP contribution in [0.1, 0.15) is 36.0 Å². The minimum Gasteiger partial charge on any atom is -0.496 e. The number of para-hydroxylation sites is 1. The summed E-state index contributed by atoms with van der Waals surface area (Å²) in [6.07, 6.45) is 2.46. The van der Waals surface area contributed by atoms with Crippen LogP contribution in [0.25, 0.3) is 0 Å². The summed E-state index contributed by atoms with van der Waals surface area (Å²) in [6.45, 7) is 0. The van der Waals surface area contributed by atoms with E-state index in [4.69, 9.17) is 9.47 Å². The van der Waals surface area contributed by atoms with Crippen molar-refractivity contribution in [2.45, 2.75) is 37.9 Å². The van der Waals surface area contributed by atoms with Gasteiger partial charge in [-0.1, -0.05) is 18.6 Å². The third-order valence-corrected chi connectivity index (χ3v) is 3.25. The van der Waals surface area contributed by atoms with E-state index < -0.39 is 18.2 Å². The number of esters is 1. The van der Waals surface area contributed by atoms with E-state index in [-0.39, 0.29) is 0 Å². The van der Waals surface area contributed by atoms with Crippen molar-refractivity contribution in [2.75, 3.05) is 7.11 Å². The molecule has 0 amide bonds. The van der Waals surface area contributed by atoms with E-state index in [1.54, 1.807) is 24.3 Å². The van der Waals surface area contributed by atoms with E-state index in [1.807, 2.05) is 0 Å². The Hall–Kier alpha value is -1.55. The highest BCUT2D eigenvalue weighted by molar-refractivity contribution is 5.92. The largest absolute Gasteiger partial charge is 0.496 e. The first-order valence-electron chi connectivity index (χ1n) is 6.24. The summed E-state index contributed by atoms with van der Waals surface area (Å²) in [6, 6.07) is 6.94. The summed E-state index contributed by atoms with van der Waals surface area (Å²) in [4.78, 5) is 12.0. The molecule has 2 atom stereocenters. The normalized spacial score (nSPS) is 23.4. The first-order chi connectivity index (χ1) is 8.72. The Morgan fingerprint density at radius 2 is 2.00 bits per heavy atom. The van der Waals surface area contributed by atoms with Crippen LogP contribution in [0.5, 0.6) is 5.75 Å². The number of rotatable bonds is 3. The molecule has 1 aromatic rings. The van der Waals surface area contributed by atoms with E-state index in [2.05, 4.69) is 0 Å². The summed E-state index contributed by atoms with van der Waals surface area (Å²) in [5.41, 5.74) is 0.401. The second-order valence-electron chi connectivity index (χ2n) is 4.50. The smallest absolute Gasteiger partial charge is 0.342 e. The molecule has 98 valence electrons. The number of ether oxygens (including phenoxy) is 2. The van der Waals surface area contributed by atoms with Gasteiger partial charge in [0, 0.05) is 0 Å². The molecule has 0 aromatic heterocycles. The predicted molar refractivity (Wildman–Crippen MR) is 66.7 cm³/mol. The van der Waals surface area contributed by atoms with Crippen molar-refractivity contribution in [2.24, 2.45) is 0 Å². The number of benzene rings is 1. The molecule has 1 aromatic carbocycles. The fourth-order valence-corrected chi connectivity index (χ4v) is 2.23. The van der Waals surface area contributed by atoms with E-state index in [0.29, 0.717) is 17.7 Å². The van der Waals surface area contributed by atoms with Crippen LogP contribution in [-0.2, 0) is 4.74 Å². The summed E-state index contributed by atoms with van der Waals surface area (Å²) in [5, 5.41) is 9.78. The molecular formula is C14H18O4. The van der Waals surface area contributed by atoms with Gasteiger partial charge in [0.05, 0.1) is 13.2 Å². The first-order valence-corrected chi connectivity index (χ1v) is 6.24. The summed E-state index contributed by atoms with van der Waals surface area (Å²) in [5.74, 6) is 0.0613. The predicted octanol–water partition coefficient (Wildman–Crippen LogP) is 2.16. The molecule has 4 heteroatoms. The fourth-order valence-electron chi connectivity index (χ4n) is 2.23. The third-order valence-electron chi connectivity index (χ3n) is 3.25. The highest BCUT2D eigenvalue weighted by Gasteiger charge is 2.27. The van der Waals surface area contributed by atoms with Gasteiger partial charge in [-0.05, 0) is 31.4 Å². The van der Waals surface area contributed by atoms with Gasteiger partial charge in [0.1, 0.15) is 17.4 Å². The number of hydrogen-bond acceptors (Lipinski definition) is 4. The van der Waals surface area contributed by atoms with Crippen LogP contribution in [0.4, 0.5) is 0 Å². The Balaban J connectivity index is 2.07. The topological polar surface area (TPSA) is 55.8 Å². The van der Waals surface area contributed by atoms with Gasteiger partial charge in [-0.2, -0.15) is 0 Å². The van der Waals surface area contributed by atoms with Crippen LogP contribution in [0.2, 0.25) is 0 Å². The number of carbonyl (C=O) groups excluding carboxylic acids is 1. The molecule has 2 unspecified atom stereocenters. The summed E-state index contributed by atoms with van der Waals surface area (Å²) >= 11 is 0. The van der Waals surface area contributed by atoms with Crippen molar-refractivity contribution in [3.63, 3.8) is 0 Å². The van der Waals surface area contributed by atoms with Gasteiger partial charge in [0.2, 0.25) is 0 Å². The quantitative estimate of drug-likeness (QED) is 0.835. The first kappa shape index (κ1) is 12.9. The zero-order chi connectivity index (χ0) is 13.0. The van der Waals surface area contributed by atoms with Crippen LogP contribution in [-0.4, -0.2) is 30.4 Å². The number of aliphatic hydroxyl groups excluding tert-OH is 1. The minimum absolute atomic E-state index is 0.392. The Bertz CT molecular complexity index is 416. The number of carbonyl (C=O) groups is 1. The number of hydrogen-bond donors (Lipinski definition) is 1. The van der Waals surface area contributed by atoms with Crippen LogP contribution < -0.4 is 4.74 Å². The average Bonchev–Trinajstić information content (AvgIpc) is 2.41. The maximum Gasteiger partial charge on any atom is 0.342 e. The lowest BCUT2D eigenvalue weighted by Gasteiger charge is -2.27. The standard InChI is InChI=1S/C14H18O4/c1-17-12-8-4-2-6-10(12)14(16)18-13-9-5-3-7-11(13)15/h2,4,6,8,11,13,15H,3,5,7,9H2,1H3. The number of aliphatic hydroxyl groups is 1. The molecule has 0 saturated heterocycles. The van der Waals surface area contributed by atoms with Crippen molar-refractivity contribution >= 4 is 5.97 Å². The van der Waals surface area contributed by atoms with Gasteiger partial charge < -0.3 is 14.6 Å². The zero-order valence-electron chi connectivity index (χ0n) is 10.5. The average molecular weight is 250 g/mol. The molecule has 0 spiro atoms. The second kappa shape index (κ2) is 5.87. The van der Waals surface area contributed by atoms with Gasteiger partial charge in [0.15, 0.2) is 0 Å². The molecular weight excluding hydrogens is 232 g/mol. The molecule has 1 saturated carbocycles. The van der Waals surface area contributed by atoms with E-state index in [1.165, 1.54) is 7.11 Å². The van der Waals surface area contributed by atoms with Crippen molar-refractivity contribution in [3.8, 4) is 5.75 Å². The van der Waals surface area contributed by atoms with Gasteiger partial charge >= 0.3 is 5.97 Å². The van der Waals surface area contributed by atoms with Gasteiger partial charge in [-0.25, -0.2) is 4.79 Å². The lowest BCUT2D eigenvalue weighted by atomic mass is 9.95. The van der Waals surface area contributed by atoms with Crippen molar-refractivity contribution in [1.82, 2.24) is 0 Å². The summed E-state index contributed by atoms with van der Waals surface area (Å²) in [7, 11) is 1.52. The highest BCUT2D eigenvalue weighted by Crippen LogP contribution is 2.24. The molecule has 1 N–H and O–H groups in total. The molecule has 0 radical (unpaired) electrons. The summed E-state index contributed by atoms with van der Waals surface area (Å²) < 4.78 is 10.5. The molecule has 1 fully saturated rings. The van der Waals surface area contributed by atoms with E-state index >= 15 is 0 Å². The van der Waals surface area contributed by atoms with Gasteiger partial charge in [-0.15, -0.1) is 0 Å². The zero-order valence-corrected chi connectivity index (χ0v) is 10.5. The van der Waals surface area contributed by atoms with Crippen LogP contribution in [0.3, 0.4) is 0 Å². The lowest BCUT2D eigenvalue weighted by molar-refractivity contribution is -0.0362. The molecule has 0 bridgehead atoms. The van der Waals surface area contributed by atoms with Crippen LogP contribution in [0, 0.1) is 0 Å². The fraction of sp³-hybridized carbons (Fsp3) is 0.500. The Morgan fingerprint density at radius 1 is 1.28 bits per heavy atom. The minimum atomic E-state index is -0.544. The molecule has 1 aliphatic carbocycles. The molecule has 18 heavy (non-hydrogen) atoms. The highest BCUT2D eigenvalue weighted by atomic mass is 16.6. The van der Waals surface area contributed by atoms with Crippen molar-refractivity contribution in [3.05, 3.63) is 29.8 Å². The van der Waals surface area contributed by atoms with Gasteiger partial charge in [-0.3, -0.25) is 0 Å². The monoisotopic (exact) mass is 250 g/mol. The molecule has 0 heterocycles. The molecule has 0 aliphatic heterocycles. The molecule has 2 rings (SSSR count). The second-order valence-corrected chi connectivity index (χ2v) is 4.50. The maximum atomic E-state index is 12.0. The van der Waals surface area contributed by atoms with E-state index in [9.17, 15) is 9.90 Å². The SMILES string of the molecule is COc1ccccc1C(=O)OC1CCCCC1O. The van der Waals surface area contributed by atoms with Crippen molar-refractivity contribution in [1.29, 1.82) is 0 Å². The molecule has 4 nitrogen and oxygen atoms in total. The lowest BCUT2D eigenvalue weighted by Crippen LogP contribution is -2.34. The van der Waals surface area contributed by atoms with Crippen LogP contribution >= 0.6 is 0 Å². The Morgan fingerprint density at radius 3 is 2.72 bits per heavy atom. The van der Waals surface area contributed by atoms with Gasteiger partial charge in [0.25, 0.3) is 0 Å². The van der Waals surface area contributed by atoms with Crippen molar-refractivity contribution < 1.29 is 19.4 Å². The Kier molecular flexibility index (Phi) is 4.20. The van der Waals surface area contributed by atoms with E-state index in [0.717, 1.165) is 19.3 Å². The number of methoxy groups -OCH3 is 1. The van der Waals surface area contributed by atoms with Crippen LogP contribution in [0.15, 0.2) is 24.3 Å². The third kappa shape index (κ3) is 2.82. The maximum absolute atomic E-state index is 12.0. The molecule has 1 aliphatic rings. The Labute approximate surface area is 107 Å².